The summed E-state index contributed by atoms with van der Waals surface area (Å²) in [6.07, 6.45) is 12.0. The maximum atomic E-state index is 12.4. The summed E-state index contributed by atoms with van der Waals surface area (Å²) in [5.41, 5.74) is 6.88. The number of fused-ring (bicyclic) bond motifs is 3. The maximum Gasteiger partial charge on any atom is 0.407 e. The van der Waals surface area contributed by atoms with Gasteiger partial charge in [0.1, 0.15) is 10.8 Å². The van der Waals surface area contributed by atoms with Crippen molar-refractivity contribution >= 4 is 46.2 Å². The molecule has 0 bridgehead atoms. The zero-order valence-electron chi connectivity index (χ0n) is 34.9. The molecule has 292 valence electrons. The summed E-state index contributed by atoms with van der Waals surface area (Å²) < 4.78 is 5.52. The highest BCUT2D eigenvalue weighted by Gasteiger charge is 2.49. The normalized spacial score (nSPS) is 20.6. The van der Waals surface area contributed by atoms with Crippen molar-refractivity contribution in [3.63, 3.8) is 0 Å². The molecule has 2 aromatic rings. The fourth-order valence-corrected chi connectivity index (χ4v) is 8.15. The summed E-state index contributed by atoms with van der Waals surface area (Å²) >= 11 is 7.84. The molecule has 1 spiro atoms. The Morgan fingerprint density at radius 1 is 1.12 bits per heavy atom. The molecule has 1 saturated heterocycles. The van der Waals surface area contributed by atoms with Gasteiger partial charge in [0.2, 0.25) is 0 Å². The number of amides is 1. The average molecular weight is 749 g/mol. The highest BCUT2D eigenvalue weighted by Crippen LogP contribution is 2.49. The summed E-state index contributed by atoms with van der Waals surface area (Å²) in [4.78, 5) is 28.5. The number of aromatic nitrogens is 2. The number of aryl methyl sites for hydroxylation is 1. The number of aromatic amines is 1. The Bertz CT molecular complexity index is 1370. The Morgan fingerprint density at radius 3 is 2.25 bits per heavy atom. The fourth-order valence-electron chi connectivity index (χ4n) is 7.33. The van der Waals surface area contributed by atoms with Gasteiger partial charge in [-0.3, -0.25) is 4.99 Å². The number of alkyl carbamates (subject to hydrolysis) is 1. The van der Waals surface area contributed by atoms with Crippen LogP contribution in [0.4, 0.5) is 4.79 Å². The molecular weight excluding hydrogens is 674 g/mol. The van der Waals surface area contributed by atoms with E-state index in [9.17, 15) is 4.79 Å². The van der Waals surface area contributed by atoms with Crippen molar-refractivity contribution in [2.45, 2.75) is 164 Å². The molecule has 1 amide bonds. The van der Waals surface area contributed by atoms with Crippen LogP contribution in [0.5, 0.6) is 0 Å². The van der Waals surface area contributed by atoms with Crippen molar-refractivity contribution in [2.75, 3.05) is 25.9 Å². The van der Waals surface area contributed by atoms with Crippen LogP contribution < -0.4 is 5.32 Å². The third-order valence-corrected chi connectivity index (χ3v) is 10.8. The number of allylic oxidation sites excluding steroid dienone is 1. The Kier molecular flexibility index (Phi) is 20.9. The largest absolute Gasteiger partial charge is 0.444 e. The Morgan fingerprint density at radius 2 is 1.73 bits per heavy atom. The number of nitrogens with zero attached hydrogens (tertiary/aromatic N) is 3. The first-order valence-electron chi connectivity index (χ1n) is 19.9. The standard InChI is InChI=1S/C22H39N3O2.C13H15ClN2S.C3H8.2C2H6/c1-8-18(23-9-2)17(4)25-14-12-22(13-15-25)11-10-16(3)19(22)24-20(26)27-21(5,6)7;1-7-3-4-9-8(5-7)12-10(15-9)6-11(17-2)13(14)16-12;1-3-2;2*1-2/h16,19H,4,8-15H2,1-3,5-7H3,(H,24,26);6-7,15H,3-5H2,1-2H3;3H2,1-2H3;2*1-2H3. The van der Waals surface area contributed by atoms with Crippen molar-refractivity contribution in [1.29, 1.82) is 0 Å². The number of carbonyl (C=O) groups is 1. The van der Waals surface area contributed by atoms with Gasteiger partial charge in [-0.1, -0.05) is 86.9 Å². The predicted molar refractivity (Wildman–Crippen MR) is 225 cm³/mol. The lowest BCUT2D eigenvalue weighted by molar-refractivity contribution is 0.0373. The number of hydrogen-bond acceptors (Lipinski definition) is 6. The van der Waals surface area contributed by atoms with E-state index in [0.29, 0.717) is 11.1 Å². The summed E-state index contributed by atoms with van der Waals surface area (Å²) in [5, 5.41) is 3.85. The van der Waals surface area contributed by atoms with Crippen molar-refractivity contribution in [1.82, 2.24) is 20.2 Å². The van der Waals surface area contributed by atoms with Gasteiger partial charge < -0.3 is 19.9 Å². The Hall–Kier alpha value is -2.19. The zero-order chi connectivity index (χ0) is 38.9. The predicted octanol–water partition coefficient (Wildman–Crippen LogP) is 12.3. The molecule has 3 heterocycles. The zero-order valence-corrected chi connectivity index (χ0v) is 36.5. The number of piperidine rings is 1. The quantitative estimate of drug-likeness (QED) is 0.175. The molecule has 3 aliphatic rings. The van der Waals surface area contributed by atoms with Gasteiger partial charge in [-0.15, -0.1) is 11.8 Å². The van der Waals surface area contributed by atoms with Gasteiger partial charge >= 0.3 is 6.09 Å². The van der Waals surface area contributed by atoms with E-state index in [2.05, 4.69) is 79.4 Å². The van der Waals surface area contributed by atoms with Crippen LogP contribution >= 0.6 is 23.4 Å². The van der Waals surface area contributed by atoms with E-state index in [1.807, 2.05) is 54.7 Å². The van der Waals surface area contributed by atoms with Crippen LogP contribution in [-0.2, 0) is 17.6 Å². The van der Waals surface area contributed by atoms with E-state index in [4.69, 9.17) is 16.3 Å². The summed E-state index contributed by atoms with van der Waals surface area (Å²) in [6.45, 7) is 33.8. The third-order valence-electron chi connectivity index (χ3n) is 9.70. The number of halogens is 1. The molecular formula is C42H74ClN5O2S. The van der Waals surface area contributed by atoms with E-state index >= 15 is 0 Å². The Balaban J connectivity index is 0.000000461. The first-order chi connectivity index (χ1) is 24.2. The number of thioether (sulfide) groups is 1. The lowest BCUT2D eigenvalue weighted by atomic mass is 9.73. The van der Waals surface area contributed by atoms with Crippen LogP contribution in [0.2, 0.25) is 5.15 Å². The van der Waals surface area contributed by atoms with Crippen LogP contribution in [0.25, 0.3) is 11.0 Å². The molecule has 0 aromatic carbocycles. The van der Waals surface area contributed by atoms with Crippen LogP contribution in [0, 0.1) is 17.3 Å². The summed E-state index contributed by atoms with van der Waals surface area (Å²) in [6, 6.07) is 2.32. The van der Waals surface area contributed by atoms with Crippen LogP contribution in [0.3, 0.4) is 0 Å². The number of hydrogen-bond donors (Lipinski definition) is 2. The fraction of sp³-hybridized carbons (Fsp3) is 0.738. The minimum Gasteiger partial charge on any atom is -0.444 e. The summed E-state index contributed by atoms with van der Waals surface area (Å²) in [7, 11) is 0. The van der Waals surface area contributed by atoms with Crippen LogP contribution in [-0.4, -0.2) is 64.2 Å². The second-order valence-corrected chi connectivity index (χ2v) is 15.9. The lowest BCUT2D eigenvalue weighted by Crippen LogP contribution is -2.53. The number of aliphatic imine (C=N–C) groups is 1. The molecule has 2 aliphatic carbocycles. The van der Waals surface area contributed by atoms with Gasteiger partial charge in [0.05, 0.1) is 22.4 Å². The second kappa shape index (κ2) is 22.8. The van der Waals surface area contributed by atoms with Crippen molar-refractivity contribution in [3.05, 3.63) is 34.8 Å². The summed E-state index contributed by atoms with van der Waals surface area (Å²) in [5.74, 6) is 1.24. The minimum absolute atomic E-state index is 0.182. The van der Waals surface area contributed by atoms with Crippen molar-refractivity contribution in [3.8, 4) is 0 Å². The molecule has 2 N–H and O–H groups in total. The van der Waals surface area contributed by atoms with Gasteiger partial charge in [-0.25, -0.2) is 9.78 Å². The molecule has 5 rings (SSSR count). The van der Waals surface area contributed by atoms with E-state index in [1.165, 1.54) is 36.9 Å². The molecule has 51 heavy (non-hydrogen) atoms. The number of likely N-dealkylation sites (tertiary alicyclic amines) is 1. The third kappa shape index (κ3) is 13.3. The molecule has 7 nitrogen and oxygen atoms in total. The Labute approximate surface area is 322 Å². The van der Waals surface area contributed by atoms with Gasteiger partial charge in [0.25, 0.3) is 0 Å². The minimum atomic E-state index is -0.463. The number of carbonyl (C=O) groups excluding carboxylic acids is 1. The number of ether oxygens (including phenoxy) is 1. The first kappa shape index (κ1) is 46.8. The highest BCUT2D eigenvalue weighted by molar-refractivity contribution is 7.98. The van der Waals surface area contributed by atoms with Gasteiger partial charge in [0, 0.05) is 36.3 Å². The van der Waals surface area contributed by atoms with Gasteiger partial charge in [-0.05, 0) is 114 Å². The molecule has 1 saturated carbocycles. The molecule has 3 unspecified atom stereocenters. The number of H-pyrrole nitrogens is 1. The smallest absolute Gasteiger partial charge is 0.407 e. The van der Waals surface area contributed by atoms with Gasteiger partial charge in [-0.2, -0.15) is 0 Å². The van der Waals surface area contributed by atoms with Crippen LogP contribution in [0.1, 0.15) is 146 Å². The van der Waals surface area contributed by atoms with Crippen molar-refractivity contribution < 1.29 is 9.53 Å². The maximum absolute atomic E-state index is 12.4. The van der Waals surface area contributed by atoms with Gasteiger partial charge in [0.15, 0.2) is 0 Å². The topological polar surface area (TPSA) is 82.6 Å². The second-order valence-electron chi connectivity index (χ2n) is 14.7. The average Bonchev–Trinajstić information content (AvgIpc) is 3.60. The van der Waals surface area contributed by atoms with Crippen molar-refractivity contribution in [2.24, 2.45) is 22.2 Å². The molecule has 2 aromatic heterocycles. The number of nitrogens with one attached hydrogen (secondary N) is 2. The molecule has 0 radical (unpaired) electrons. The van der Waals surface area contributed by atoms with E-state index in [-0.39, 0.29) is 17.6 Å². The first-order valence-corrected chi connectivity index (χ1v) is 21.5. The molecule has 1 aliphatic heterocycles. The molecule has 3 atom stereocenters. The monoisotopic (exact) mass is 748 g/mol. The highest BCUT2D eigenvalue weighted by atomic mass is 35.5. The van der Waals surface area contributed by atoms with E-state index in [1.54, 1.807) is 11.8 Å². The van der Waals surface area contributed by atoms with E-state index in [0.717, 1.165) is 85.0 Å². The molecule has 9 heteroatoms. The number of rotatable bonds is 6. The van der Waals surface area contributed by atoms with Crippen LogP contribution in [0.15, 0.2) is 28.2 Å². The lowest BCUT2D eigenvalue weighted by Gasteiger charge is -2.45. The SMILES string of the molecule is C=C(C(CC)=NCC)N1CCC2(CCC(C)C2NC(=O)OC(C)(C)C)CC1.CC.CC.CCC.CSc1cc2[nH]c3c(c2nc1Cl)CC(C)CC3. The molecule has 2 fully saturated rings. The number of pyridine rings is 1. The van der Waals surface area contributed by atoms with E-state index < -0.39 is 5.60 Å².